The number of azo groups is 2. The summed E-state index contributed by atoms with van der Waals surface area (Å²) in [6, 6.07) is 14.1. The summed E-state index contributed by atoms with van der Waals surface area (Å²) in [6.45, 7) is 0. The topological polar surface area (TPSA) is 83.6 Å². The Morgan fingerprint density at radius 3 is 1.39 bits per heavy atom. The van der Waals surface area contributed by atoms with Crippen LogP contribution in [0.4, 0.5) is 11.4 Å². The molecule has 6 nitrogen and oxygen atoms in total. The van der Waals surface area contributed by atoms with Gasteiger partial charge >= 0.3 is 0 Å². The lowest BCUT2D eigenvalue weighted by molar-refractivity contribution is 0.595. The fourth-order valence-corrected chi connectivity index (χ4v) is 2.53. The Bertz CT molecular complexity index is 740. The predicted molar refractivity (Wildman–Crippen MR) is 96.0 cm³/mol. The number of halogens is 2. The lowest BCUT2D eigenvalue weighted by Crippen LogP contribution is -2.06. The molecule has 2 rings (SSSR count). The van der Waals surface area contributed by atoms with Crippen molar-refractivity contribution in [2.45, 2.75) is 0 Å². The maximum Gasteiger partial charge on any atom is 0.194 e. The fraction of sp³-hybridized carbons (Fsp3) is 0.143. The summed E-state index contributed by atoms with van der Waals surface area (Å²) in [6.07, 6.45) is 0. The molecule has 0 aliphatic rings. The molecule has 0 heterocycles. The third kappa shape index (κ3) is 6.67. The van der Waals surface area contributed by atoms with Gasteiger partial charge in [0.2, 0.25) is 0 Å². The summed E-state index contributed by atoms with van der Waals surface area (Å²) in [5.41, 5.74) is 1.17. The smallest absolute Gasteiger partial charge is 0.194 e. The summed E-state index contributed by atoms with van der Waals surface area (Å²) >= 11 is 6.61. The van der Waals surface area contributed by atoms with Crippen molar-refractivity contribution in [1.82, 2.24) is 0 Å². The van der Waals surface area contributed by atoms with Gasteiger partial charge in [-0.05, 0) is 48.5 Å². The van der Waals surface area contributed by atoms with Gasteiger partial charge in [0, 0.05) is 8.95 Å². The zero-order valence-corrected chi connectivity index (χ0v) is 15.8. The molecule has 0 bridgehead atoms. The van der Waals surface area contributed by atoms with Crippen molar-refractivity contribution >= 4 is 53.1 Å². The van der Waals surface area contributed by atoms with Crippen LogP contribution in [0.2, 0.25) is 0 Å². The molecule has 0 N–H and O–H groups in total. The summed E-state index contributed by atoms with van der Waals surface area (Å²) in [4.78, 5) is 0. The third-order valence-corrected chi connectivity index (χ3v) is 4.61. The van der Waals surface area contributed by atoms with Crippen molar-refractivity contribution in [3.8, 4) is 0 Å². The SMILES string of the molecule is O=S(=O)(CN=Nc1ccc(Br)cc1)CN=Nc1ccc(Br)cc1. The monoisotopic (exact) mass is 458 g/mol. The van der Waals surface area contributed by atoms with Crippen LogP contribution in [0.5, 0.6) is 0 Å². The van der Waals surface area contributed by atoms with E-state index in [1.54, 1.807) is 48.5 Å². The molecule has 0 aromatic heterocycles. The minimum Gasteiger partial charge on any atom is -0.225 e. The van der Waals surface area contributed by atoms with Crippen LogP contribution in [0, 0.1) is 0 Å². The van der Waals surface area contributed by atoms with Crippen molar-refractivity contribution in [2.24, 2.45) is 20.5 Å². The molecule has 0 saturated heterocycles. The van der Waals surface area contributed by atoms with Gasteiger partial charge in [-0.1, -0.05) is 31.9 Å². The second-order valence-electron chi connectivity index (χ2n) is 4.44. The van der Waals surface area contributed by atoms with Gasteiger partial charge in [0.15, 0.2) is 21.6 Å². The Kier molecular flexibility index (Phi) is 6.55. The zero-order chi connectivity index (χ0) is 16.7. The van der Waals surface area contributed by atoms with E-state index in [1.807, 2.05) is 0 Å². The van der Waals surface area contributed by atoms with E-state index in [9.17, 15) is 8.42 Å². The molecule has 2 aromatic rings. The third-order valence-electron chi connectivity index (χ3n) is 2.53. The van der Waals surface area contributed by atoms with Crippen LogP contribution in [0.3, 0.4) is 0 Å². The molecule has 0 saturated carbocycles. The van der Waals surface area contributed by atoms with Crippen molar-refractivity contribution in [3.63, 3.8) is 0 Å². The number of sulfone groups is 1. The second kappa shape index (κ2) is 8.42. The average Bonchev–Trinajstić information content (AvgIpc) is 2.51. The Morgan fingerprint density at radius 1 is 0.696 bits per heavy atom. The maximum absolute atomic E-state index is 11.8. The highest BCUT2D eigenvalue weighted by molar-refractivity contribution is 9.10. The molecule has 0 aliphatic carbocycles. The fourth-order valence-electron chi connectivity index (χ4n) is 1.45. The van der Waals surface area contributed by atoms with Crippen LogP contribution in [0.25, 0.3) is 0 Å². The van der Waals surface area contributed by atoms with Crippen molar-refractivity contribution in [1.29, 1.82) is 0 Å². The average molecular weight is 460 g/mol. The van der Waals surface area contributed by atoms with Gasteiger partial charge in [0.05, 0.1) is 11.4 Å². The minimum atomic E-state index is -3.48. The van der Waals surface area contributed by atoms with E-state index in [-0.39, 0.29) is 0 Å². The van der Waals surface area contributed by atoms with Gasteiger partial charge < -0.3 is 0 Å². The highest BCUT2D eigenvalue weighted by atomic mass is 79.9. The number of benzene rings is 2. The summed E-state index contributed by atoms with van der Waals surface area (Å²) in [5.74, 6) is -0.856. The van der Waals surface area contributed by atoms with E-state index in [0.29, 0.717) is 11.4 Å². The van der Waals surface area contributed by atoms with Crippen molar-refractivity contribution in [2.75, 3.05) is 11.8 Å². The number of hydrogen-bond donors (Lipinski definition) is 0. The van der Waals surface area contributed by atoms with Gasteiger partial charge in [0.25, 0.3) is 0 Å². The second-order valence-corrected chi connectivity index (χ2v) is 8.27. The molecule has 2 aromatic carbocycles. The molecule has 120 valence electrons. The maximum atomic E-state index is 11.8. The molecule has 0 spiro atoms. The first-order valence-corrected chi connectivity index (χ1v) is 9.82. The minimum absolute atomic E-state index is 0.428. The largest absolute Gasteiger partial charge is 0.225 e. The van der Waals surface area contributed by atoms with E-state index in [4.69, 9.17) is 0 Å². The summed E-state index contributed by atoms with van der Waals surface area (Å²) in [7, 11) is -3.48. The Hall–Kier alpha value is -1.45. The molecular weight excluding hydrogens is 448 g/mol. The molecule has 0 atom stereocenters. The molecule has 0 unspecified atom stereocenters. The number of hydrogen-bond acceptors (Lipinski definition) is 6. The van der Waals surface area contributed by atoms with Gasteiger partial charge in [0.1, 0.15) is 0 Å². The quantitative estimate of drug-likeness (QED) is 0.541. The van der Waals surface area contributed by atoms with Crippen molar-refractivity contribution < 1.29 is 8.42 Å². The van der Waals surface area contributed by atoms with Gasteiger partial charge in [-0.2, -0.15) is 20.5 Å². The normalized spacial score (nSPS) is 12.3. The van der Waals surface area contributed by atoms with Crippen LogP contribution >= 0.6 is 31.9 Å². The summed E-state index contributed by atoms with van der Waals surface area (Å²) in [5, 5.41) is 15.1. The highest BCUT2D eigenvalue weighted by Crippen LogP contribution is 2.18. The van der Waals surface area contributed by atoms with Gasteiger partial charge in [-0.25, -0.2) is 8.42 Å². The van der Waals surface area contributed by atoms with E-state index in [2.05, 4.69) is 52.3 Å². The Balaban J connectivity index is 1.89. The first-order chi connectivity index (χ1) is 10.9. The highest BCUT2D eigenvalue weighted by Gasteiger charge is 2.08. The van der Waals surface area contributed by atoms with Crippen LogP contribution in [0.15, 0.2) is 77.9 Å². The number of nitrogens with zero attached hydrogens (tertiary/aromatic N) is 4. The van der Waals surface area contributed by atoms with Crippen LogP contribution < -0.4 is 0 Å². The predicted octanol–water partition coefficient (Wildman–Crippen LogP) is 5.41. The van der Waals surface area contributed by atoms with Crippen LogP contribution in [-0.2, 0) is 9.84 Å². The first kappa shape index (κ1) is 17.9. The first-order valence-electron chi connectivity index (χ1n) is 6.41. The molecule has 0 amide bonds. The van der Waals surface area contributed by atoms with Crippen LogP contribution in [-0.4, -0.2) is 20.2 Å². The summed E-state index contributed by atoms with van der Waals surface area (Å²) < 4.78 is 25.4. The lowest BCUT2D eigenvalue weighted by Gasteiger charge is -1.96. The molecule has 0 fully saturated rings. The molecule has 0 aliphatic heterocycles. The van der Waals surface area contributed by atoms with E-state index < -0.39 is 21.6 Å². The van der Waals surface area contributed by atoms with Gasteiger partial charge in [-0.3, -0.25) is 0 Å². The standard InChI is InChI=1S/C14H12Br2N4O2S/c15-11-1-5-13(6-2-11)19-17-9-23(21,22)10-18-20-14-7-3-12(16)4-8-14/h1-8H,9-10H2. The van der Waals surface area contributed by atoms with Gasteiger partial charge in [-0.15, -0.1) is 0 Å². The van der Waals surface area contributed by atoms with Crippen molar-refractivity contribution in [3.05, 3.63) is 57.5 Å². The molecular formula is C14H12Br2N4O2S. The molecule has 9 heteroatoms. The van der Waals surface area contributed by atoms with Crippen LogP contribution in [0.1, 0.15) is 0 Å². The van der Waals surface area contributed by atoms with E-state index in [0.717, 1.165) is 8.95 Å². The van der Waals surface area contributed by atoms with E-state index >= 15 is 0 Å². The zero-order valence-electron chi connectivity index (χ0n) is 11.8. The molecule has 23 heavy (non-hydrogen) atoms. The lowest BCUT2D eigenvalue weighted by atomic mass is 10.3. The molecule has 0 radical (unpaired) electrons. The van der Waals surface area contributed by atoms with E-state index in [1.165, 1.54) is 0 Å². The Morgan fingerprint density at radius 2 is 1.04 bits per heavy atom. The Labute approximate surface area is 150 Å². The number of rotatable bonds is 6.